The van der Waals surface area contributed by atoms with E-state index in [0.29, 0.717) is 0 Å². The van der Waals surface area contributed by atoms with E-state index in [0.717, 1.165) is 29.4 Å². The van der Waals surface area contributed by atoms with Gasteiger partial charge in [-0.05, 0) is 30.7 Å². The zero-order valence-electron chi connectivity index (χ0n) is 15.9. The summed E-state index contributed by atoms with van der Waals surface area (Å²) >= 11 is 0. The summed E-state index contributed by atoms with van der Waals surface area (Å²) in [4.78, 5) is 0. The normalized spacial score (nSPS) is 14.6. The molecular formula is C27H20O2. The summed E-state index contributed by atoms with van der Waals surface area (Å²) in [6.45, 7) is 0. The van der Waals surface area contributed by atoms with Gasteiger partial charge < -0.3 is 9.47 Å². The Morgan fingerprint density at radius 3 is 1.00 bits per heavy atom. The smallest absolute Gasteiger partial charge is 0.131 e. The number of ether oxygens (including phenoxy) is 2. The summed E-state index contributed by atoms with van der Waals surface area (Å²) in [5, 5.41) is 0. The van der Waals surface area contributed by atoms with E-state index in [4.69, 9.17) is 9.47 Å². The van der Waals surface area contributed by atoms with Crippen LogP contribution in [0.4, 0.5) is 0 Å². The highest BCUT2D eigenvalue weighted by Gasteiger charge is 2.34. The largest absolute Gasteiger partial charge is 0.457 e. The molecule has 0 atom stereocenters. The lowest BCUT2D eigenvalue weighted by Gasteiger charge is -2.34. The predicted octanol–water partition coefficient (Wildman–Crippen LogP) is 7.25. The van der Waals surface area contributed by atoms with Crippen molar-refractivity contribution in [2.45, 2.75) is 18.3 Å². The van der Waals surface area contributed by atoms with Gasteiger partial charge >= 0.3 is 0 Å². The van der Waals surface area contributed by atoms with Crippen LogP contribution >= 0.6 is 0 Å². The second kappa shape index (κ2) is 6.52. The fourth-order valence-electron chi connectivity index (χ4n) is 4.76. The quantitative estimate of drug-likeness (QED) is 0.367. The fourth-order valence-corrected chi connectivity index (χ4v) is 4.76. The minimum atomic E-state index is 0.264. The van der Waals surface area contributed by atoms with E-state index in [2.05, 4.69) is 72.8 Å². The van der Waals surface area contributed by atoms with Crippen LogP contribution in [0.2, 0.25) is 0 Å². The molecule has 0 aromatic heterocycles. The summed E-state index contributed by atoms with van der Waals surface area (Å²) in [7, 11) is 0. The number of fused-ring (bicyclic) bond motifs is 4. The Bertz CT molecular complexity index is 1020. The molecule has 2 aliphatic heterocycles. The minimum absolute atomic E-state index is 0.264. The average molecular weight is 376 g/mol. The maximum Gasteiger partial charge on any atom is 0.131 e. The van der Waals surface area contributed by atoms with Gasteiger partial charge in [0.1, 0.15) is 23.0 Å². The van der Waals surface area contributed by atoms with Gasteiger partial charge in [0.25, 0.3) is 0 Å². The summed E-state index contributed by atoms with van der Waals surface area (Å²) in [5.41, 5.74) is 5.03. The third kappa shape index (κ3) is 2.64. The van der Waals surface area contributed by atoms with Crippen molar-refractivity contribution in [1.29, 1.82) is 0 Å². The lowest BCUT2D eigenvalue weighted by atomic mass is 9.76. The number of para-hydroxylation sites is 4. The Labute approximate surface area is 170 Å². The molecule has 0 N–H and O–H groups in total. The van der Waals surface area contributed by atoms with E-state index in [1.165, 1.54) is 22.3 Å². The molecule has 0 radical (unpaired) electrons. The number of rotatable bonds is 2. The van der Waals surface area contributed by atoms with E-state index in [1.54, 1.807) is 0 Å². The van der Waals surface area contributed by atoms with Crippen molar-refractivity contribution >= 4 is 0 Å². The van der Waals surface area contributed by atoms with Crippen molar-refractivity contribution in [1.82, 2.24) is 0 Å². The standard InChI is InChI=1S/C27H20O2/c1-5-13-24-18(9-1)22(19-10-2-6-14-25(19)28-24)17-23-20-11-3-7-15-26(20)29-27-16-8-4-12-21(23)27/h1-16,22-23H,17H2. The minimum Gasteiger partial charge on any atom is -0.457 e. The SMILES string of the molecule is c1ccc2c(c1)Oc1ccccc1C2CC1c2ccccc2Oc2ccccc21. The molecule has 140 valence electrons. The highest BCUT2D eigenvalue weighted by molar-refractivity contribution is 5.57. The Balaban J connectivity index is 1.51. The third-order valence-electron chi connectivity index (χ3n) is 6.09. The molecule has 0 fully saturated rings. The maximum absolute atomic E-state index is 6.21. The average Bonchev–Trinajstić information content (AvgIpc) is 2.78. The summed E-state index contributed by atoms with van der Waals surface area (Å²) in [5.74, 6) is 4.38. The van der Waals surface area contributed by atoms with Crippen LogP contribution < -0.4 is 9.47 Å². The Hall–Kier alpha value is -3.52. The topological polar surface area (TPSA) is 18.5 Å². The van der Waals surface area contributed by atoms with Crippen molar-refractivity contribution < 1.29 is 9.47 Å². The van der Waals surface area contributed by atoms with Crippen LogP contribution in [0.1, 0.15) is 40.5 Å². The van der Waals surface area contributed by atoms with E-state index in [-0.39, 0.29) is 11.8 Å². The molecule has 0 saturated carbocycles. The van der Waals surface area contributed by atoms with E-state index < -0.39 is 0 Å². The van der Waals surface area contributed by atoms with Crippen LogP contribution in [0.5, 0.6) is 23.0 Å². The second-order valence-corrected chi connectivity index (χ2v) is 7.70. The first-order chi connectivity index (χ1) is 14.4. The lowest BCUT2D eigenvalue weighted by Crippen LogP contribution is -2.17. The highest BCUT2D eigenvalue weighted by atomic mass is 16.5. The van der Waals surface area contributed by atoms with Crippen molar-refractivity contribution in [3.8, 4) is 23.0 Å². The van der Waals surface area contributed by atoms with Crippen LogP contribution in [0.15, 0.2) is 97.1 Å². The van der Waals surface area contributed by atoms with E-state index in [9.17, 15) is 0 Å². The van der Waals surface area contributed by atoms with Crippen LogP contribution in [-0.4, -0.2) is 0 Å². The highest BCUT2D eigenvalue weighted by Crippen LogP contribution is 2.52. The number of hydrogen-bond donors (Lipinski definition) is 0. The van der Waals surface area contributed by atoms with Gasteiger partial charge in [-0.1, -0.05) is 72.8 Å². The van der Waals surface area contributed by atoms with Gasteiger partial charge in [-0.3, -0.25) is 0 Å². The summed E-state index contributed by atoms with van der Waals surface area (Å²) in [6.07, 6.45) is 0.967. The Morgan fingerprint density at radius 1 is 0.414 bits per heavy atom. The first kappa shape index (κ1) is 16.4. The lowest BCUT2D eigenvalue weighted by molar-refractivity contribution is 0.419. The molecule has 0 amide bonds. The van der Waals surface area contributed by atoms with E-state index in [1.807, 2.05) is 24.3 Å². The summed E-state index contributed by atoms with van der Waals surface area (Å²) < 4.78 is 12.4. The Morgan fingerprint density at radius 2 is 0.690 bits per heavy atom. The molecule has 2 heterocycles. The molecular weight excluding hydrogens is 356 g/mol. The Kier molecular flexibility index (Phi) is 3.70. The molecule has 0 saturated heterocycles. The molecule has 0 spiro atoms. The molecule has 2 aliphatic rings. The maximum atomic E-state index is 6.21. The molecule has 29 heavy (non-hydrogen) atoms. The van der Waals surface area contributed by atoms with Crippen LogP contribution in [-0.2, 0) is 0 Å². The molecule has 0 unspecified atom stereocenters. The van der Waals surface area contributed by atoms with Gasteiger partial charge in [-0.15, -0.1) is 0 Å². The molecule has 2 heteroatoms. The third-order valence-corrected chi connectivity index (χ3v) is 6.09. The van der Waals surface area contributed by atoms with Gasteiger partial charge in [0.05, 0.1) is 0 Å². The molecule has 6 rings (SSSR count). The first-order valence-corrected chi connectivity index (χ1v) is 10.1. The second-order valence-electron chi connectivity index (χ2n) is 7.70. The van der Waals surface area contributed by atoms with Gasteiger partial charge in [0.2, 0.25) is 0 Å². The van der Waals surface area contributed by atoms with E-state index >= 15 is 0 Å². The van der Waals surface area contributed by atoms with Gasteiger partial charge in [0, 0.05) is 34.1 Å². The van der Waals surface area contributed by atoms with Crippen LogP contribution in [0.25, 0.3) is 0 Å². The molecule has 4 aromatic rings. The number of hydrogen-bond acceptors (Lipinski definition) is 2. The number of benzene rings is 4. The molecule has 2 nitrogen and oxygen atoms in total. The van der Waals surface area contributed by atoms with Crippen LogP contribution in [0, 0.1) is 0 Å². The van der Waals surface area contributed by atoms with Crippen molar-refractivity contribution in [2.75, 3.05) is 0 Å². The summed E-state index contributed by atoms with van der Waals surface area (Å²) in [6, 6.07) is 33.7. The molecule has 4 aromatic carbocycles. The zero-order chi connectivity index (χ0) is 19.2. The molecule has 0 aliphatic carbocycles. The van der Waals surface area contributed by atoms with Crippen molar-refractivity contribution in [3.63, 3.8) is 0 Å². The van der Waals surface area contributed by atoms with Gasteiger partial charge in [-0.25, -0.2) is 0 Å². The van der Waals surface area contributed by atoms with Gasteiger partial charge in [0.15, 0.2) is 0 Å². The molecule has 0 bridgehead atoms. The zero-order valence-corrected chi connectivity index (χ0v) is 15.9. The fraction of sp³-hybridized carbons (Fsp3) is 0.111. The monoisotopic (exact) mass is 376 g/mol. The van der Waals surface area contributed by atoms with Gasteiger partial charge in [-0.2, -0.15) is 0 Å². The first-order valence-electron chi connectivity index (χ1n) is 10.1. The predicted molar refractivity (Wildman–Crippen MR) is 114 cm³/mol. The van der Waals surface area contributed by atoms with Crippen LogP contribution in [0.3, 0.4) is 0 Å². The van der Waals surface area contributed by atoms with Crippen molar-refractivity contribution in [2.24, 2.45) is 0 Å². The van der Waals surface area contributed by atoms with Crippen molar-refractivity contribution in [3.05, 3.63) is 119 Å².